The highest BCUT2D eigenvalue weighted by Gasteiger charge is 2.19. The molecule has 370 valence electrons. The zero-order valence-electron chi connectivity index (χ0n) is 42.3. The van der Waals surface area contributed by atoms with Gasteiger partial charge in [0, 0.05) is 19.3 Å². The van der Waals surface area contributed by atoms with E-state index in [0.717, 1.165) is 89.9 Å². The first kappa shape index (κ1) is 61.1. The van der Waals surface area contributed by atoms with Gasteiger partial charge in [0.15, 0.2) is 6.10 Å². The molecule has 0 aliphatic heterocycles. The van der Waals surface area contributed by atoms with Crippen molar-refractivity contribution < 1.29 is 28.6 Å². The molecule has 0 radical (unpaired) electrons. The lowest BCUT2D eigenvalue weighted by molar-refractivity contribution is -0.167. The van der Waals surface area contributed by atoms with Crippen LogP contribution in [0.2, 0.25) is 0 Å². The summed E-state index contributed by atoms with van der Waals surface area (Å²) < 4.78 is 16.8. The van der Waals surface area contributed by atoms with Crippen LogP contribution in [0, 0.1) is 0 Å². The summed E-state index contributed by atoms with van der Waals surface area (Å²) in [7, 11) is 0. The van der Waals surface area contributed by atoms with Gasteiger partial charge in [-0.1, -0.05) is 204 Å². The predicted octanol–water partition coefficient (Wildman–Crippen LogP) is 18.0. The molecule has 0 saturated carbocycles. The molecule has 0 bridgehead atoms. The molecule has 6 nitrogen and oxygen atoms in total. The summed E-state index contributed by atoms with van der Waals surface area (Å²) in [6.07, 6.45) is 64.8. The fourth-order valence-electron chi connectivity index (χ4n) is 7.56. The maximum atomic E-state index is 12.8. The van der Waals surface area contributed by atoms with Gasteiger partial charge in [0.2, 0.25) is 0 Å². The Morgan fingerprint density at radius 1 is 0.312 bits per heavy atom. The molecule has 0 fully saturated rings. The van der Waals surface area contributed by atoms with E-state index in [2.05, 4.69) is 81.5 Å². The molecule has 0 aromatic heterocycles. The third-order valence-electron chi connectivity index (χ3n) is 11.7. The summed E-state index contributed by atoms with van der Waals surface area (Å²) in [5.74, 6) is -0.915. The summed E-state index contributed by atoms with van der Waals surface area (Å²) >= 11 is 0. The maximum Gasteiger partial charge on any atom is 0.306 e. The first-order valence-electron chi connectivity index (χ1n) is 27.3. The first-order valence-corrected chi connectivity index (χ1v) is 27.3. The minimum atomic E-state index is -0.788. The van der Waals surface area contributed by atoms with Crippen LogP contribution in [0.15, 0.2) is 60.8 Å². The van der Waals surface area contributed by atoms with E-state index in [4.69, 9.17) is 14.2 Å². The third-order valence-corrected chi connectivity index (χ3v) is 11.7. The van der Waals surface area contributed by atoms with Gasteiger partial charge in [-0.05, 0) is 109 Å². The molecule has 6 heteroatoms. The lowest BCUT2D eigenvalue weighted by atomic mass is 10.1. The van der Waals surface area contributed by atoms with Crippen LogP contribution < -0.4 is 0 Å². The van der Waals surface area contributed by atoms with Crippen molar-refractivity contribution in [3.63, 3.8) is 0 Å². The van der Waals surface area contributed by atoms with E-state index in [0.29, 0.717) is 19.3 Å². The van der Waals surface area contributed by atoms with Crippen molar-refractivity contribution >= 4 is 17.9 Å². The van der Waals surface area contributed by atoms with Crippen LogP contribution in [0.4, 0.5) is 0 Å². The number of hydrogen-bond donors (Lipinski definition) is 0. The molecule has 0 aromatic rings. The van der Waals surface area contributed by atoms with Crippen molar-refractivity contribution in [1.82, 2.24) is 0 Å². The highest BCUT2D eigenvalue weighted by Crippen LogP contribution is 2.14. The van der Waals surface area contributed by atoms with Crippen molar-refractivity contribution in [2.45, 2.75) is 277 Å². The Morgan fingerprint density at radius 3 is 0.938 bits per heavy atom. The molecule has 0 rings (SSSR count). The Morgan fingerprint density at radius 2 is 0.562 bits per heavy atom. The molecule has 0 spiro atoms. The quantitative estimate of drug-likeness (QED) is 0.0262. The van der Waals surface area contributed by atoms with Gasteiger partial charge in [0.25, 0.3) is 0 Å². The van der Waals surface area contributed by atoms with Gasteiger partial charge in [-0.2, -0.15) is 0 Å². The minimum absolute atomic E-state index is 0.0870. The smallest absolute Gasteiger partial charge is 0.306 e. The minimum Gasteiger partial charge on any atom is -0.462 e. The molecule has 64 heavy (non-hydrogen) atoms. The second kappa shape index (κ2) is 52.7. The van der Waals surface area contributed by atoms with Crippen LogP contribution in [0.5, 0.6) is 0 Å². The van der Waals surface area contributed by atoms with Gasteiger partial charge in [0.1, 0.15) is 13.2 Å². The third kappa shape index (κ3) is 50.1. The molecular weight excluding hydrogens is 793 g/mol. The van der Waals surface area contributed by atoms with Gasteiger partial charge < -0.3 is 14.2 Å². The zero-order chi connectivity index (χ0) is 46.5. The molecule has 0 heterocycles. The first-order chi connectivity index (χ1) is 31.5. The van der Waals surface area contributed by atoms with Gasteiger partial charge in [-0.3, -0.25) is 14.4 Å². The number of ether oxygens (including phenoxy) is 3. The largest absolute Gasteiger partial charge is 0.462 e. The normalized spacial score (nSPS) is 12.5. The van der Waals surface area contributed by atoms with Crippen LogP contribution >= 0.6 is 0 Å². The average molecular weight is 895 g/mol. The standard InChI is InChI=1S/C58H102O6/c1-4-7-10-13-16-19-22-25-28-29-31-33-36-39-42-45-48-51-57(60)63-54-55(53-62-56(59)50-47-44-41-38-35-32-27-24-21-18-15-12-9-6-3)64-58(61)52-49-46-43-40-37-34-30-26-23-20-17-14-11-8-5-2/h16,19-20,23-25,27-28,31,33,55H,4-15,17-18,21-22,26,29-30,32,34-54H2,1-3H3/b19-16+,23-20+,27-24+,28-25+,33-31+/t55-/m1/s1. The van der Waals surface area contributed by atoms with Crippen LogP contribution in [-0.2, 0) is 28.6 Å². The van der Waals surface area contributed by atoms with E-state index >= 15 is 0 Å². The lowest BCUT2D eigenvalue weighted by Crippen LogP contribution is -2.30. The van der Waals surface area contributed by atoms with E-state index in [-0.39, 0.29) is 31.1 Å². The molecule has 0 aliphatic carbocycles. The zero-order valence-corrected chi connectivity index (χ0v) is 42.3. The number of carbonyl (C=O) groups excluding carboxylic acids is 3. The second-order valence-electron chi connectivity index (χ2n) is 18.1. The Hall–Kier alpha value is -2.89. The van der Waals surface area contributed by atoms with Gasteiger partial charge in [0.05, 0.1) is 0 Å². The number of carbonyl (C=O) groups is 3. The van der Waals surface area contributed by atoms with E-state index in [1.54, 1.807) is 0 Å². The van der Waals surface area contributed by atoms with Crippen LogP contribution in [0.1, 0.15) is 271 Å². The summed E-state index contributed by atoms with van der Waals surface area (Å²) in [4.78, 5) is 38.0. The van der Waals surface area contributed by atoms with E-state index in [9.17, 15) is 14.4 Å². The lowest BCUT2D eigenvalue weighted by Gasteiger charge is -2.18. The molecule has 0 aliphatic rings. The van der Waals surface area contributed by atoms with Crippen molar-refractivity contribution in [3.8, 4) is 0 Å². The Balaban J connectivity index is 4.43. The van der Waals surface area contributed by atoms with Gasteiger partial charge in [-0.15, -0.1) is 0 Å². The van der Waals surface area contributed by atoms with Crippen molar-refractivity contribution in [2.75, 3.05) is 13.2 Å². The second-order valence-corrected chi connectivity index (χ2v) is 18.1. The average Bonchev–Trinajstić information content (AvgIpc) is 3.29. The molecule has 0 unspecified atom stereocenters. The van der Waals surface area contributed by atoms with Crippen molar-refractivity contribution in [1.29, 1.82) is 0 Å². The Labute approximate surface area is 396 Å². The summed E-state index contributed by atoms with van der Waals surface area (Å²) in [6, 6.07) is 0. The van der Waals surface area contributed by atoms with Crippen LogP contribution in [-0.4, -0.2) is 37.2 Å². The van der Waals surface area contributed by atoms with E-state index < -0.39 is 6.10 Å². The van der Waals surface area contributed by atoms with Crippen molar-refractivity contribution in [3.05, 3.63) is 60.8 Å². The molecular formula is C58H102O6. The van der Waals surface area contributed by atoms with Crippen LogP contribution in [0.25, 0.3) is 0 Å². The number of hydrogen-bond acceptors (Lipinski definition) is 6. The fraction of sp³-hybridized carbons (Fsp3) is 0.776. The molecule has 0 saturated heterocycles. The van der Waals surface area contributed by atoms with E-state index in [1.165, 1.54) is 141 Å². The van der Waals surface area contributed by atoms with Crippen molar-refractivity contribution in [2.24, 2.45) is 0 Å². The maximum absolute atomic E-state index is 12.8. The van der Waals surface area contributed by atoms with Crippen LogP contribution in [0.3, 0.4) is 0 Å². The summed E-state index contributed by atoms with van der Waals surface area (Å²) in [5, 5.41) is 0. The SMILES string of the molecule is CCCCC/C=C/C/C=C/C/C=C/CCCCCCC(=O)OC[C@@H](COC(=O)CCCCCCC/C=C/CCCCCCC)OC(=O)CCCCCCCCC/C=C/CCCCCC. The Kier molecular flexibility index (Phi) is 50.4. The number of allylic oxidation sites excluding steroid dienone is 10. The number of unbranched alkanes of at least 4 members (excludes halogenated alkanes) is 28. The highest BCUT2D eigenvalue weighted by molar-refractivity contribution is 5.71. The van der Waals surface area contributed by atoms with E-state index in [1.807, 2.05) is 0 Å². The van der Waals surface area contributed by atoms with Gasteiger partial charge >= 0.3 is 17.9 Å². The topological polar surface area (TPSA) is 78.9 Å². The van der Waals surface area contributed by atoms with Gasteiger partial charge in [-0.25, -0.2) is 0 Å². The summed E-state index contributed by atoms with van der Waals surface area (Å²) in [6.45, 7) is 6.57. The molecule has 0 N–H and O–H groups in total. The Bertz CT molecular complexity index is 1170. The highest BCUT2D eigenvalue weighted by atomic mass is 16.6. The molecule has 1 atom stereocenters. The number of esters is 3. The summed E-state index contributed by atoms with van der Waals surface area (Å²) in [5.41, 5.74) is 0. The number of rotatable bonds is 49. The monoisotopic (exact) mass is 895 g/mol. The molecule has 0 amide bonds. The fourth-order valence-corrected chi connectivity index (χ4v) is 7.56. The predicted molar refractivity (Wildman–Crippen MR) is 275 cm³/mol. The molecule has 0 aromatic carbocycles.